The van der Waals surface area contributed by atoms with Crippen molar-refractivity contribution in [3.05, 3.63) is 35.1 Å². The first-order valence-corrected chi connectivity index (χ1v) is 4.42. The van der Waals surface area contributed by atoms with Gasteiger partial charge in [0.1, 0.15) is 0 Å². The van der Waals surface area contributed by atoms with Crippen LogP contribution in [0.4, 0.5) is 0 Å². The van der Waals surface area contributed by atoms with E-state index in [9.17, 15) is 4.79 Å². The van der Waals surface area contributed by atoms with Crippen molar-refractivity contribution in [2.45, 2.75) is 13.8 Å². The fourth-order valence-corrected chi connectivity index (χ4v) is 0.866. The van der Waals surface area contributed by atoms with E-state index in [1.807, 2.05) is 0 Å². The van der Waals surface area contributed by atoms with Gasteiger partial charge < -0.3 is 10.5 Å². The zero-order valence-electron chi connectivity index (χ0n) is 9.20. The molecule has 0 aliphatic heterocycles. The predicted octanol–water partition coefficient (Wildman–Crippen LogP) is 1.53. The number of nitrogens with two attached hydrogens (primary N) is 1. The smallest absolute Gasteiger partial charge is 0.337 e. The molecule has 0 fully saturated rings. The second-order valence-corrected chi connectivity index (χ2v) is 2.81. The fourth-order valence-electron chi connectivity index (χ4n) is 0.866. The lowest BCUT2D eigenvalue weighted by atomic mass is 10.1. The maximum absolute atomic E-state index is 11.2. The van der Waals surface area contributed by atoms with Crippen molar-refractivity contribution in [3.8, 4) is 12.3 Å². The third kappa shape index (κ3) is 4.19. The SMILES string of the molecule is C#CC(/C=C\C(=C/C)C(=O)OC)=C(/C)N. The van der Waals surface area contributed by atoms with Gasteiger partial charge in [-0.25, -0.2) is 4.79 Å². The molecular formula is C12H15NO2. The zero-order valence-corrected chi connectivity index (χ0v) is 9.20. The molecule has 80 valence electrons. The Hall–Kier alpha value is -1.95. The zero-order chi connectivity index (χ0) is 11.8. The molecule has 3 heteroatoms. The first-order chi connectivity index (χ1) is 7.06. The summed E-state index contributed by atoms with van der Waals surface area (Å²) in [7, 11) is 1.33. The molecule has 0 aromatic heterocycles. The lowest BCUT2D eigenvalue weighted by Crippen LogP contribution is -2.02. The maximum atomic E-state index is 11.2. The van der Waals surface area contributed by atoms with Crippen LogP contribution in [0, 0.1) is 12.3 Å². The van der Waals surface area contributed by atoms with Crippen LogP contribution in [0.25, 0.3) is 0 Å². The number of esters is 1. The minimum absolute atomic E-state index is 0.403. The molecule has 0 aromatic carbocycles. The van der Waals surface area contributed by atoms with Gasteiger partial charge in [0.25, 0.3) is 0 Å². The van der Waals surface area contributed by atoms with Crippen molar-refractivity contribution in [1.29, 1.82) is 0 Å². The van der Waals surface area contributed by atoms with Gasteiger partial charge in [0.05, 0.1) is 12.7 Å². The summed E-state index contributed by atoms with van der Waals surface area (Å²) in [5, 5.41) is 0. The normalized spacial score (nSPS) is 13.3. The quantitative estimate of drug-likeness (QED) is 0.329. The highest BCUT2D eigenvalue weighted by Gasteiger charge is 2.03. The van der Waals surface area contributed by atoms with Crippen LogP contribution in [0.2, 0.25) is 0 Å². The molecule has 0 heterocycles. The largest absolute Gasteiger partial charge is 0.465 e. The highest BCUT2D eigenvalue weighted by Crippen LogP contribution is 2.05. The second-order valence-electron chi connectivity index (χ2n) is 2.81. The molecule has 0 saturated carbocycles. The first kappa shape index (κ1) is 13.1. The lowest BCUT2D eigenvalue weighted by molar-refractivity contribution is -0.135. The molecule has 0 spiro atoms. The molecule has 0 saturated heterocycles. The third-order valence-electron chi connectivity index (χ3n) is 1.74. The van der Waals surface area contributed by atoms with E-state index in [-0.39, 0.29) is 0 Å². The summed E-state index contributed by atoms with van der Waals surface area (Å²) < 4.78 is 4.57. The van der Waals surface area contributed by atoms with Gasteiger partial charge in [-0.3, -0.25) is 0 Å². The first-order valence-electron chi connectivity index (χ1n) is 4.42. The Kier molecular flexibility index (Phi) is 5.65. The summed E-state index contributed by atoms with van der Waals surface area (Å²) in [5.74, 6) is 2.02. The minimum Gasteiger partial charge on any atom is -0.465 e. The summed E-state index contributed by atoms with van der Waals surface area (Å²) in [5.41, 5.74) is 7.06. The van der Waals surface area contributed by atoms with Crippen LogP contribution in [0.5, 0.6) is 0 Å². The summed E-state index contributed by atoms with van der Waals surface area (Å²) in [6.45, 7) is 3.44. The molecule has 0 rings (SSSR count). The molecule has 3 nitrogen and oxygen atoms in total. The van der Waals surface area contributed by atoms with Crippen molar-refractivity contribution in [2.24, 2.45) is 5.73 Å². The third-order valence-corrected chi connectivity index (χ3v) is 1.74. The minimum atomic E-state index is -0.403. The van der Waals surface area contributed by atoms with E-state index in [1.54, 1.807) is 32.1 Å². The Balaban J connectivity index is 4.88. The van der Waals surface area contributed by atoms with Crippen molar-refractivity contribution in [1.82, 2.24) is 0 Å². The number of terminal acetylenes is 1. The van der Waals surface area contributed by atoms with Crippen LogP contribution in [-0.2, 0) is 9.53 Å². The average molecular weight is 205 g/mol. The Labute approximate surface area is 90.3 Å². The topological polar surface area (TPSA) is 52.3 Å². The molecule has 2 N–H and O–H groups in total. The van der Waals surface area contributed by atoms with Crippen LogP contribution < -0.4 is 5.73 Å². The van der Waals surface area contributed by atoms with Crippen molar-refractivity contribution in [2.75, 3.05) is 7.11 Å². The number of ether oxygens (including phenoxy) is 1. The van der Waals surface area contributed by atoms with E-state index < -0.39 is 5.97 Å². The van der Waals surface area contributed by atoms with Crippen LogP contribution in [0.15, 0.2) is 35.1 Å². The van der Waals surface area contributed by atoms with E-state index in [4.69, 9.17) is 12.2 Å². The van der Waals surface area contributed by atoms with Crippen LogP contribution in [0.3, 0.4) is 0 Å². The molecule has 0 amide bonds. The monoisotopic (exact) mass is 205 g/mol. The number of carbonyl (C=O) groups is 1. The lowest BCUT2D eigenvalue weighted by Gasteiger charge is -1.99. The number of methoxy groups -OCH3 is 1. The van der Waals surface area contributed by atoms with E-state index >= 15 is 0 Å². The molecule has 0 aliphatic carbocycles. The van der Waals surface area contributed by atoms with Crippen molar-refractivity contribution < 1.29 is 9.53 Å². The second kappa shape index (κ2) is 6.50. The van der Waals surface area contributed by atoms with E-state index in [1.165, 1.54) is 7.11 Å². The highest BCUT2D eigenvalue weighted by molar-refractivity contribution is 5.91. The molecule has 0 aromatic rings. The summed E-state index contributed by atoms with van der Waals surface area (Å²) >= 11 is 0. The average Bonchev–Trinajstić information content (AvgIpc) is 2.23. The standard InChI is InChI=1S/C12H15NO2/c1-5-10(9(3)13)7-8-11(6-2)12(14)15-4/h1,6-8H,13H2,2-4H3/b8-7-,10-9+,11-6+. The fraction of sp³-hybridized carbons (Fsp3) is 0.250. The molecule has 0 aliphatic rings. The maximum Gasteiger partial charge on any atom is 0.337 e. The van der Waals surface area contributed by atoms with Crippen molar-refractivity contribution in [3.63, 3.8) is 0 Å². The van der Waals surface area contributed by atoms with Gasteiger partial charge in [0, 0.05) is 11.3 Å². The van der Waals surface area contributed by atoms with Crippen molar-refractivity contribution >= 4 is 5.97 Å². The number of carbonyl (C=O) groups excluding carboxylic acids is 1. The number of rotatable bonds is 3. The molecule has 0 atom stereocenters. The Morgan fingerprint density at radius 2 is 2.07 bits per heavy atom. The van der Waals surface area contributed by atoms with Gasteiger partial charge >= 0.3 is 5.97 Å². The van der Waals surface area contributed by atoms with E-state index in [2.05, 4.69) is 10.7 Å². The van der Waals surface area contributed by atoms with Crippen LogP contribution >= 0.6 is 0 Å². The molecule has 0 bridgehead atoms. The predicted molar refractivity (Wildman–Crippen MR) is 60.6 cm³/mol. The molecule has 15 heavy (non-hydrogen) atoms. The van der Waals surface area contributed by atoms with Gasteiger partial charge in [-0.05, 0) is 26.0 Å². The molecular weight excluding hydrogens is 190 g/mol. The number of hydrogen-bond acceptors (Lipinski definition) is 3. The number of allylic oxidation sites excluding steroid dienone is 4. The Morgan fingerprint density at radius 3 is 2.40 bits per heavy atom. The van der Waals surface area contributed by atoms with Gasteiger partial charge in [-0.2, -0.15) is 0 Å². The van der Waals surface area contributed by atoms with Gasteiger partial charge in [-0.1, -0.05) is 12.0 Å². The van der Waals surface area contributed by atoms with Gasteiger partial charge in [0.2, 0.25) is 0 Å². The van der Waals surface area contributed by atoms with E-state index in [0.29, 0.717) is 16.8 Å². The summed E-state index contributed by atoms with van der Waals surface area (Å²) in [6, 6.07) is 0. The summed E-state index contributed by atoms with van der Waals surface area (Å²) in [4.78, 5) is 11.2. The Morgan fingerprint density at radius 1 is 1.47 bits per heavy atom. The molecule has 0 unspecified atom stereocenters. The van der Waals surface area contributed by atoms with Crippen LogP contribution in [-0.4, -0.2) is 13.1 Å². The Bertz CT molecular complexity index is 364. The number of hydrogen-bond donors (Lipinski definition) is 1. The van der Waals surface area contributed by atoms with E-state index in [0.717, 1.165) is 0 Å². The van der Waals surface area contributed by atoms with Crippen LogP contribution in [0.1, 0.15) is 13.8 Å². The highest BCUT2D eigenvalue weighted by atomic mass is 16.5. The molecule has 0 radical (unpaired) electrons. The van der Waals surface area contributed by atoms with Gasteiger partial charge in [0.15, 0.2) is 0 Å². The summed E-state index contributed by atoms with van der Waals surface area (Å²) in [6.07, 6.45) is 10.1. The van der Waals surface area contributed by atoms with Gasteiger partial charge in [-0.15, -0.1) is 6.42 Å².